The molecule has 0 aliphatic carbocycles. The maximum absolute atomic E-state index is 5.20. The van der Waals surface area contributed by atoms with Gasteiger partial charge in [0.1, 0.15) is 0 Å². The van der Waals surface area contributed by atoms with Crippen LogP contribution < -0.4 is 0 Å². The Balaban J connectivity index is 4.44. The summed E-state index contributed by atoms with van der Waals surface area (Å²) in [5.41, 5.74) is 1.15. The highest BCUT2D eigenvalue weighted by atomic mass is 16.5. The molecule has 0 aromatic carbocycles. The van der Waals surface area contributed by atoms with E-state index in [4.69, 9.17) is 9.47 Å². The van der Waals surface area contributed by atoms with Crippen LogP contribution in [0.1, 0.15) is 20.3 Å². The third-order valence-electron chi connectivity index (χ3n) is 3.52. The van der Waals surface area contributed by atoms with Gasteiger partial charge in [0.2, 0.25) is 0 Å². The molecule has 4 heteroatoms. The summed E-state index contributed by atoms with van der Waals surface area (Å²) in [5, 5.41) is 0. The first-order chi connectivity index (χ1) is 11.1. The van der Waals surface area contributed by atoms with Crippen molar-refractivity contribution >= 4 is 0 Å². The van der Waals surface area contributed by atoms with Crippen molar-refractivity contribution in [3.05, 3.63) is 36.5 Å². The average Bonchev–Trinajstić information content (AvgIpc) is 2.51. The van der Waals surface area contributed by atoms with E-state index in [0.717, 1.165) is 31.8 Å². The molecule has 0 spiro atoms. The molecule has 134 valence electrons. The van der Waals surface area contributed by atoms with Gasteiger partial charge < -0.3 is 14.4 Å². The van der Waals surface area contributed by atoms with E-state index in [-0.39, 0.29) is 0 Å². The van der Waals surface area contributed by atoms with Gasteiger partial charge in [0.15, 0.2) is 0 Å². The number of likely N-dealkylation sites (N-methyl/N-ethyl adjacent to an activating group) is 1. The van der Waals surface area contributed by atoms with Gasteiger partial charge in [0.05, 0.1) is 13.3 Å². The predicted octanol–water partition coefficient (Wildman–Crippen LogP) is 3.19. The number of ether oxygens (including phenoxy) is 2. The minimum Gasteiger partial charge on any atom is -0.380 e. The molecule has 0 bridgehead atoms. The summed E-state index contributed by atoms with van der Waals surface area (Å²) in [5.74, 6) is 0.499. The van der Waals surface area contributed by atoms with Gasteiger partial charge in [-0.05, 0) is 31.5 Å². The van der Waals surface area contributed by atoms with Crippen molar-refractivity contribution in [2.24, 2.45) is 5.92 Å². The topological polar surface area (TPSA) is 24.9 Å². The fourth-order valence-corrected chi connectivity index (χ4v) is 2.43. The highest BCUT2D eigenvalue weighted by Gasteiger charge is 2.09. The Morgan fingerprint density at radius 2 is 1.91 bits per heavy atom. The zero-order valence-electron chi connectivity index (χ0n) is 15.8. The molecule has 0 aromatic rings. The highest BCUT2D eigenvalue weighted by molar-refractivity contribution is 5.23. The zero-order valence-corrected chi connectivity index (χ0v) is 15.8. The lowest BCUT2D eigenvalue weighted by Crippen LogP contribution is -2.36. The number of hydrogen-bond donors (Lipinski definition) is 0. The number of methoxy groups -OCH3 is 2. The molecule has 1 atom stereocenters. The molecule has 0 saturated heterocycles. The Labute approximate surface area is 143 Å². The van der Waals surface area contributed by atoms with Crippen molar-refractivity contribution in [2.75, 3.05) is 60.8 Å². The normalized spacial score (nSPS) is 14.1. The average molecular weight is 325 g/mol. The van der Waals surface area contributed by atoms with Crippen LogP contribution in [-0.4, -0.2) is 70.6 Å². The fourth-order valence-electron chi connectivity index (χ4n) is 2.43. The summed E-state index contributed by atoms with van der Waals surface area (Å²) in [6, 6.07) is 0. The monoisotopic (exact) mass is 324 g/mol. The quantitative estimate of drug-likeness (QED) is 0.362. The maximum Gasteiger partial charge on any atom is 0.0984 e. The molecular weight excluding hydrogens is 288 g/mol. The SMILES string of the molecule is C=C/C=C(\C=C/C(C)CN(CCC)CCN(C)COC)COC. The predicted molar refractivity (Wildman–Crippen MR) is 99.7 cm³/mol. The second-order valence-corrected chi connectivity index (χ2v) is 6.04. The van der Waals surface area contributed by atoms with Crippen LogP contribution in [0.25, 0.3) is 0 Å². The standard InChI is InChI=1S/C19H36N2O2/c1-7-9-19(16-22-5)11-10-18(3)15-21(12-8-2)14-13-20(4)17-23-6/h7,9-11,18H,1,8,12-17H2,2-6H3/b11-10-,19-9+. The number of allylic oxidation sites excluding steroid dienone is 2. The maximum atomic E-state index is 5.20. The third-order valence-corrected chi connectivity index (χ3v) is 3.52. The van der Waals surface area contributed by atoms with Crippen LogP contribution >= 0.6 is 0 Å². The Morgan fingerprint density at radius 3 is 2.48 bits per heavy atom. The Hall–Kier alpha value is -0.940. The van der Waals surface area contributed by atoms with Crippen LogP contribution in [0.15, 0.2) is 36.5 Å². The van der Waals surface area contributed by atoms with E-state index < -0.39 is 0 Å². The molecule has 1 unspecified atom stereocenters. The Bertz CT molecular complexity index is 353. The van der Waals surface area contributed by atoms with Crippen LogP contribution in [0.4, 0.5) is 0 Å². The van der Waals surface area contributed by atoms with Crippen molar-refractivity contribution in [3.8, 4) is 0 Å². The number of hydrogen-bond acceptors (Lipinski definition) is 4. The van der Waals surface area contributed by atoms with E-state index in [1.807, 2.05) is 6.08 Å². The lowest BCUT2D eigenvalue weighted by atomic mass is 10.1. The molecule has 0 aliphatic heterocycles. The van der Waals surface area contributed by atoms with Crippen molar-refractivity contribution in [2.45, 2.75) is 20.3 Å². The van der Waals surface area contributed by atoms with Crippen LogP contribution in [0.2, 0.25) is 0 Å². The smallest absolute Gasteiger partial charge is 0.0984 e. The first-order valence-electron chi connectivity index (χ1n) is 8.45. The molecule has 0 saturated carbocycles. The molecule has 0 N–H and O–H groups in total. The molecule has 0 fully saturated rings. The molecular formula is C19H36N2O2. The zero-order chi connectivity index (χ0) is 17.5. The van der Waals surface area contributed by atoms with E-state index in [2.05, 4.69) is 49.4 Å². The molecule has 0 aliphatic rings. The summed E-state index contributed by atoms with van der Waals surface area (Å²) in [6.07, 6.45) is 9.39. The van der Waals surface area contributed by atoms with Gasteiger partial charge in [-0.25, -0.2) is 0 Å². The van der Waals surface area contributed by atoms with E-state index in [0.29, 0.717) is 19.3 Å². The van der Waals surface area contributed by atoms with E-state index in [9.17, 15) is 0 Å². The fraction of sp³-hybridized carbons (Fsp3) is 0.684. The molecule has 0 heterocycles. The minimum atomic E-state index is 0.499. The lowest BCUT2D eigenvalue weighted by Gasteiger charge is -2.26. The number of rotatable bonds is 14. The molecule has 0 radical (unpaired) electrons. The van der Waals surface area contributed by atoms with Gasteiger partial charge >= 0.3 is 0 Å². The summed E-state index contributed by atoms with van der Waals surface area (Å²) >= 11 is 0. The Kier molecular flexibility index (Phi) is 14.0. The molecule has 23 heavy (non-hydrogen) atoms. The van der Waals surface area contributed by atoms with Gasteiger partial charge in [-0.2, -0.15) is 0 Å². The summed E-state index contributed by atoms with van der Waals surface area (Å²) < 4.78 is 10.4. The first-order valence-corrected chi connectivity index (χ1v) is 8.45. The largest absolute Gasteiger partial charge is 0.380 e. The van der Waals surface area contributed by atoms with Crippen molar-refractivity contribution in [1.82, 2.24) is 9.80 Å². The summed E-state index contributed by atoms with van der Waals surface area (Å²) in [7, 11) is 5.54. The van der Waals surface area contributed by atoms with Crippen LogP contribution in [0.5, 0.6) is 0 Å². The minimum absolute atomic E-state index is 0.499. The Morgan fingerprint density at radius 1 is 1.17 bits per heavy atom. The third kappa shape index (κ3) is 12.2. The summed E-state index contributed by atoms with van der Waals surface area (Å²) in [4.78, 5) is 4.72. The highest BCUT2D eigenvalue weighted by Crippen LogP contribution is 2.07. The van der Waals surface area contributed by atoms with E-state index in [1.165, 1.54) is 6.42 Å². The molecule has 0 amide bonds. The van der Waals surface area contributed by atoms with Gasteiger partial charge in [-0.1, -0.05) is 44.7 Å². The lowest BCUT2D eigenvalue weighted by molar-refractivity contribution is 0.0729. The molecule has 4 nitrogen and oxygen atoms in total. The first kappa shape index (κ1) is 22.1. The van der Waals surface area contributed by atoms with Crippen LogP contribution in [-0.2, 0) is 9.47 Å². The second kappa shape index (κ2) is 14.6. The number of nitrogens with zero attached hydrogens (tertiary/aromatic N) is 2. The van der Waals surface area contributed by atoms with Crippen molar-refractivity contribution in [1.29, 1.82) is 0 Å². The van der Waals surface area contributed by atoms with Gasteiger partial charge in [-0.3, -0.25) is 4.90 Å². The van der Waals surface area contributed by atoms with Gasteiger partial charge in [0, 0.05) is 33.9 Å². The van der Waals surface area contributed by atoms with E-state index in [1.54, 1.807) is 20.3 Å². The van der Waals surface area contributed by atoms with Gasteiger partial charge in [0.25, 0.3) is 0 Å². The van der Waals surface area contributed by atoms with Crippen LogP contribution in [0, 0.1) is 5.92 Å². The van der Waals surface area contributed by atoms with Crippen molar-refractivity contribution < 1.29 is 9.47 Å². The second-order valence-electron chi connectivity index (χ2n) is 6.04. The molecule has 0 aromatic heterocycles. The van der Waals surface area contributed by atoms with Crippen LogP contribution in [0.3, 0.4) is 0 Å². The molecule has 0 rings (SSSR count). The summed E-state index contributed by atoms with van der Waals surface area (Å²) in [6.45, 7) is 13.8. The van der Waals surface area contributed by atoms with Crippen molar-refractivity contribution in [3.63, 3.8) is 0 Å². The van der Waals surface area contributed by atoms with E-state index >= 15 is 0 Å². The van der Waals surface area contributed by atoms with Gasteiger partial charge in [-0.15, -0.1) is 0 Å².